The van der Waals surface area contributed by atoms with Crippen LogP contribution in [-0.4, -0.2) is 11.4 Å². The van der Waals surface area contributed by atoms with Crippen LogP contribution in [0.4, 0.5) is 0 Å². The molecule has 0 bridgehead atoms. The average molecular weight is 661 g/mol. The maximum Gasteiger partial charge on any atom is 0.124 e. The van der Waals surface area contributed by atoms with E-state index in [9.17, 15) is 5.11 Å². The Morgan fingerprint density at radius 2 is 1.40 bits per heavy atom. The first-order chi connectivity index (χ1) is 22.9. The van der Waals surface area contributed by atoms with Gasteiger partial charge in [0, 0.05) is 10.6 Å². The number of hydrogen-bond acceptors (Lipinski definition) is 2. The molecule has 0 fully saturated rings. The molecule has 260 valence electrons. The summed E-state index contributed by atoms with van der Waals surface area (Å²) in [5.74, 6) is 0.971. The van der Waals surface area contributed by atoms with Crippen LogP contribution >= 0.6 is 11.6 Å². The number of rotatable bonds is 8. The molecule has 0 saturated carbocycles. The number of phenolic OH excluding ortho intramolecular Hbond substituents is 1. The van der Waals surface area contributed by atoms with Crippen molar-refractivity contribution in [2.24, 2.45) is 5.92 Å². The summed E-state index contributed by atoms with van der Waals surface area (Å²) in [6.45, 7) is 26.1. The van der Waals surface area contributed by atoms with Gasteiger partial charge in [-0.25, -0.2) is 0 Å². The van der Waals surface area contributed by atoms with E-state index in [1.165, 1.54) is 53.2 Å². The van der Waals surface area contributed by atoms with Gasteiger partial charge in [-0.2, -0.15) is 0 Å². The number of halogens is 1. The molecule has 0 atom stereocenters. The van der Waals surface area contributed by atoms with Crippen LogP contribution in [0.25, 0.3) is 17.2 Å². The molecule has 3 aromatic carbocycles. The van der Waals surface area contributed by atoms with Gasteiger partial charge in [-0.05, 0) is 109 Å². The fourth-order valence-corrected chi connectivity index (χ4v) is 5.41. The molecule has 0 spiro atoms. The smallest absolute Gasteiger partial charge is 0.124 e. The maximum absolute atomic E-state index is 10.8. The Labute approximate surface area is 294 Å². The Bertz CT molecular complexity index is 1310. The van der Waals surface area contributed by atoms with E-state index in [1.807, 2.05) is 66.7 Å². The molecule has 0 unspecified atom stereocenters. The van der Waals surface area contributed by atoms with Crippen molar-refractivity contribution in [2.45, 2.75) is 121 Å². The van der Waals surface area contributed by atoms with Gasteiger partial charge in [0.05, 0.1) is 0 Å². The molecular weight excluding hydrogens is 596 g/mol. The predicted molar refractivity (Wildman–Crippen MR) is 214 cm³/mol. The summed E-state index contributed by atoms with van der Waals surface area (Å²) in [6.07, 6.45) is 14.5. The van der Waals surface area contributed by atoms with Crippen molar-refractivity contribution >= 4 is 35.1 Å². The molecule has 2 nitrogen and oxygen atoms in total. The first kappa shape index (κ1) is 45.8. The lowest BCUT2D eigenvalue weighted by Crippen LogP contribution is -2.02. The van der Waals surface area contributed by atoms with Gasteiger partial charge in [0.1, 0.15) is 12.0 Å². The van der Waals surface area contributed by atoms with Gasteiger partial charge in [0.2, 0.25) is 0 Å². The van der Waals surface area contributed by atoms with Crippen molar-refractivity contribution < 1.29 is 9.90 Å². The van der Waals surface area contributed by atoms with Gasteiger partial charge in [-0.1, -0.05) is 154 Å². The molecule has 4 rings (SSSR count). The number of phenols is 1. The SMILES string of the molecule is C/C=C/CC.C=Cc1ccc2c(c1)CCCC(c1ccc(Cl)cc1O)=C2c1ccc(CC(CC)CC)cc1.CC.CC.CC.CC=O. The van der Waals surface area contributed by atoms with Crippen LogP contribution in [0.1, 0.15) is 142 Å². The van der Waals surface area contributed by atoms with Gasteiger partial charge in [-0.15, -0.1) is 0 Å². The van der Waals surface area contributed by atoms with Crippen LogP contribution in [0.3, 0.4) is 0 Å². The van der Waals surface area contributed by atoms with Crippen LogP contribution in [0.15, 0.2) is 79.4 Å². The van der Waals surface area contributed by atoms with Crippen LogP contribution < -0.4 is 0 Å². The third-order valence-electron chi connectivity index (χ3n) is 7.49. The first-order valence-corrected chi connectivity index (χ1v) is 18.3. The van der Waals surface area contributed by atoms with Gasteiger partial charge in [0.25, 0.3) is 0 Å². The van der Waals surface area contributed by atoms with Gasteiger partial charge in [-0.3, -0.25) is 0 Å². The average Bonchev–Trinajstić information content (AvgIpc) is 3.30. The number of fused-ring (bicyclic) bond motifs is 1. The van der Waals surface area contributed by atoms with E-state index in [4.69, 9.17) is 16.4 Å². The fourth-order valence-electron chi connectivity index (χ4n) is 5.25. The summed E-state index contributed by atoms with van der Waals surface area (Å²) >= 11 is 6.15. The topological polar surface area (TPSA) is 37.3 Å². The zero-order valence-corrected chi connectivity index (χ0v) is 32.3. The summed E-state index contributed by atoms with van der Waals surface area (Å²) in [5.41, 5.74) is 9.58. The van der Waals surface area contributed by atoms with Crippen molar-refractivity contribution in [1.29, 1.82) is 0 Å². The molecule has 3 aromatic rings. The van der Waals surface area contributed by atoms with Gasteiger partial charge in [0.15, 0.2) is 0 Å². The summed E-state index contributed by atoms with van der Waals surface area (Å²) in [6, 6.07) is 21.2. The zero-order valence-electron chi connectivity index (χ0n) is 31.6. The number of aromatic hydroxyl groups is 1. The zero-order chi connectivity index (χ0) is 36.2. The third-order valence-corrected chi connectivity index (χ3v) is 7.72. The van der Waals surface area contributed by atoms with E-state index >= 15 is 0 Å². The molecular formula is C44H65ClO2. The summed E-state index contributed by atoms with van der Waals surface area (Å²) in [4.78, 5) is 8.81. The monoisotopic (exact) mass is 660 g/mol. The number of aryl methyl sites for hydroxylation is 1. The Morgan fingerprint density at radius 1 is 0.830 bits per heavy atom. The summed E-state index contributed by atoms with van der Waals surface area (Å²) in [7, 11) is 0. The summed E-state index contributed by atoms with van der Waals surface area (Å²) < 4.78 is 0. The number of allylic oxidation sites excluding steroid dienone is 3. The second kappa shape index (κ2) is 28.8. The van der Waals surface area contributed by atoms with E-state index in [1.54, 1.807) is 6.07 Å². The van der Waals surface area contributed by atoms with Crippen molar-refractivity contribution in [3.8, 4) is 5.75 Å². The lowest BCUT2D eigenvalue weighted by Gasteiger charge is -2.19. The third kappa shape index (κ3) is 15.9. The van der Waals surface area contributed by atoms with Gasteiger partial charge < -0.3 is 9.90 Å². The minimum absolute atomic E-state index is 0.242. The molecule has 47 heavy (non-hydrogen) atoms. The van der Waals surface area contributed by atoms with Crippen molar-refractivity contribution in [2.75, 3.05) is 0 Å². The molecule has 0 heterocycles. The highest BCUT2D eigenvalue weighted by Crippen LogP contribution is 2.43. The maximum atomic E-state index is 10.8. The van der Waals surface area contributed by atoms with Crippen molar-refractivity contribution in [3.63, 3.8) is 0 Å². The molecule has 3 heteroatoms. The second-order valence-corrected chi connectivity index (χ2v) is 10.7. The molecule has 0 aromatic heterocycles. The second-order valence-electron chi connectivity index (χ2n) is 10.3. The van der Waals surface area contributed by atoms with Crippen molar-refractivity contribution in [1.82, 2.24) is 0 Å². The molecule has 0 radical (unpaired) electrons. The van der Waals surface area contributed by atoms with Crippen LogP contribution in [0.2, 0.25) is 5.02 Å². The van der Waals surface area contributed by atoms with E-state index in [2.05, 4.69) is 82.0 Å². The van der Waals surface area contributed by atoms with E-state index in [0.717, 1.165) is 55.4 Å². The van der Waals surface area contributed by atoms with Crippen LogP contribution in [-0.2, 0) is 17.6 Å². The predicted octanol–water partition coefficient (Wildman–Crippen LogP) is 14.2. The van der Waals surface area contributed by atoms with E-state index in [-0.39, 0.29) is 5.75 Å². The minimum Gasteiger partial charge on any atom is -0.507 e. The normalized spacial score (nSPS) is 11.3. The van der Waals surface area contributed by atoms with Gasteiger partial charge >= 0.3 is 0 Å². The molecule has 1 N–H and O–H groups in total. The number of aldehydes is 1. The standard InChI is InChI=1S/C31H33ClO.C5H10.C2H4O.3C2H6/c1-4-21(5-2)18-23-10-13-24(14-11-23)31-27-16-12-22(6-3)19-25(27)8-7-9-29(31)28-17-15-26(32)20-30(28)33;1-3-5-4-2;1-2-3;3*1-2/h6,10-17,19-21,33H,3-5,7-9,18H2,1-2H3;3,5H,4H2,1-2H3;2H,1H3;3*1-2H3/b;5-3+;;;;. The molecule has 1 aliphatic rings. The Balaban J connectivity index is 0. The highest BCUT2D eigenvalue weighted by molar-refractivity contribution is 6.30. The van der Waals surface area contributed by atoms with Crippen LogP contribution in [0.5, 0.6) is 5.75 Å². The highest BCUT2D eigenvalue weighted by Gasteiger charge is 2.22. The van der Waals surface area contributed by atoms with E-state index in [0.29, 0.717) is 5.02 Å². The van der Waals surface area contributed by atoms with Crippen LogP contribution in [0, 0.1) is 5.92 Å². The Morgan fingerprint density at radius 3 is 1.87 bits per heavy atom. The van der Waals surface area contributed by atoms with E-state index < -0.39 is 0 Å². The Kier molecular flexibility index (Phi) is 28.1. The Hall–Kier alpha value is -3.36. The number of carbonyl (C=O) groups is 1. The molecule has 0 saturated heterocycles. The highest BCUT2D eigenvalue weighted by atomic mass is 35.5. The quantitative estimate of drug-likeness (QED) is 0.193. The number of hydrogen-bond donors (Lipinski definition) is 1. The van der Waals surface area contributed by atoms with Crippen molar-refractivity contribution in [3.05, 3.63) is 118 Å². The number of benzene rings is 3. The summed E-state index contributed by atoms with van der Waals surface area (Å²) in [5, 5.41) is 11.3. The largest absolute Gasteiger partial charge is 0.507 e. The molecule has 0 amide bonds. The molecule has 1 aliphatic carbocycles. The first-order valence-electron chi connectivity index (χ1n) is 17.9. The lowest BCUT2D eigenvalue weighted by molar-refractivity contribution is -0.106. The molecule has 0 aliphatic heterocycles. The number of carbonyl (C=O) groups excluding carboxylic acids is 1. The lowest BCUT2D eigenvalue weighted by atomic mass is 9.86. The minimum atomic E-state index is 0.242. The fraction of sp³-hybridized carbons (Fsp3) is 0.432.